The molecule has 2 aromatic rings. The molecule has 0 amide bonds. The third kappa shape index (κ3) is 1.71. The van der Waals surface area contributed by atoms with E-state index < -0.39 is 0 Å². The summed E-state index contributed by atoms with van der Waals surface area (Å²) < 4.78 is 2.67. The van der Waals surface area contributed by atoms with Gasteiger partial charge in [0.1, 0.15) is 5.75 Å². The Kier molecular flexibility index (Phi) is 2.39. The van der Waals surface area contributed by atoms with Crippen molar-refractivity contribution in [2.75, 3.05) is 0 Å². The van der Waals surface area contributed by atoms with Gasteiger partial charge in [-0.15, -0.1) is 11.3 Å². The summed E-state index contributed by atoms with van der Waals surface area (Å²) in [5.41, 5.74) is 1.93. The average molecular weight is 223 g/mol. The van der Waals surface area contributed by atoms with Crippen LogP contribution in [0.15, 0.2) is 29.8 Å². The molecule has 0 atom stereocenters. The molecule has 0 radical (unpaired) electrons. The highest BCUT2D eigenvalue weighted by atomic mass is 32.1. The van der Waals surface area contributed by atoms with E-state index in [1.54, 1.807) is 12.1 Å². The third-order valence-corrected chi connectivity index (χ3v) is 3.04. The molecule has 0 bridgehead atoms. The fraction of sp³-hybridized carbons (Fsp3) is 0.100. The molecule has 1 N–H and O–H groups in total. The Morgan fingerprint density at radius 3 is 2.71 bits per heavy atom. The molecular formula is C10H9NOS2. The predicted molar refractivity (Wildman–Crippen MR) is 60.9 cm³/mol. The van der Waals surface area contributed by atoms with E-state index in [4.69, 9.17) is 12.2 Å². The summed E-state index contributed by atoms with van der Waals surface area (Å²) in [4.78, 5) is 0. The van der Waals surface area contributed by atoms with E-state index in [2.05, 4.69) is 0 Å². The van der Waals surface area contributed by atoms with Gasteiger partial charge in [-0.25, -0.2) is 0 Å². The highest BCUT2D eigenvalue weighted by molar-refractivity contribution is 7.73. The largest absolute Gasteiger partial charge is 0.508 e. The molecule has 14 heavy (non-hydrogen) atoms. The first-order chi connectivity index (χ1) is 6.66. The van der Waals surface area contributed by atoms with Gasteiger partial charge in [-0.1, -0.05) is 0 Å². The Morgan fingerprint density at radius 1 is 1.36 bits per heavy atom. The van der Waals surface area contributed by atoms with Gasteiger partial charge in [0.25, 0.3) is 0 Å². The predicted octanol–water partition coefficient (Wildman–Crippen LogP) is 3.28. The average Bonchev–Trinajstić information content (AvgIpc) is 2.49. The smallest absolute Gasteiger partial charge is 0.165 e. The first kappa shape index (κ1) is 9.43. The maximum atomic E-state index is 9.44. The van der Waals surface area contributed by atoms with Crippen LogP contribution < -0.4 is 0 Å². The number of hydrogen-bond donors (Lipinski definition) is 1. The number of hydrogen-bond acceptors (Lipinski definition) is 3. The summed E-state index contributed by atoms with van der Waals surface area (Å²) in [7, 11) is 0. The number of thiazole rings is 1. The zero-order valence-corrected chi connectivity index (χ0v) is 9.23. The highest BCUT2D eigenvalue weighted by Gasteiger charge is 2.00. The summed E-state index contributed by atoms with van der Waals surface area (Å²) in [5.74, 6) is 0.271. The molecule has 0 saturated heterocycles. The minimum absolute atomic E-state index is 0.271. The van der Waals surface area contributed by atoms with Gasteiger partial charge < -0.3 is 5.11 Å². The lowest BCUT2D eigenvalue weighted by atomic mass is 10.2. The summed E-state index contributed by atoms with van der Waals surface area (Å²) >= 11 is 6.66. The van der Waals surface area contributed by atoms with Crippen molar-refractivity contribution in [3.63, 3.8) is 0 Å². The van der Waals surface area contributed by atoms with Crippen LogP contribution in [0.25, 0.3) is 5.69 Å². The van der Waals surface area contributed by atoms with Crippen LogP contribution in [-0.4, -0.2) is 9.67 Å². The molecular weight excluding hydrogens is 214 g/mol. The number of phenols is 1. The van der Waals surface area contributed by atoms with E-state index in [0.29, 0.717) is 0 Å². The Morgan fingerprint density at radius 2 is 2.14 bits per heavy atom. The highest BCUT2D eigenvalue weighted by Crippen LogP contribution is 2.20. The van der Waals surface area contributed by atoms with Gasteiger partial charge in [0, 0.05) is 17.6 Å². The van der Waals surface area contributed by atoms with Crippen molar-refractivity contribution >= 4 is 23.6 Å². The lowest BCUT2D eigenvalue weighted by molar-refractivity contribution is 0.474. The van der Waals surface area contributed by atoms with Crippen LogP contribution in [0.1, 0.15) is 5.56 Å². The maximum Gasteiger partial charge on any atom is 0.165 e. The second-order valence-electron chi connectivity index (χ2n) is 3.07. The summed E-state index contributed by atoms with van der Waals surface area (Å²) in [6, 6.07) is 5.41. The fourth-order valence-corrected chi connectivity index (χ4v) is 2.25. The second-order valence-corrected chi connectivity index (χ2v) is 4.61. The molecule has 0 spiro atoms. The Bertz CT molecular complexity index is 493. The zero-order chi connectivity index (χ0) is 10.1. The summed E-state index contributed by atoms with van der Waals surface area (Å²) in [6.45, 7) is 1.94. The third-order valence-electron chi connectivity index (χ3n) is 1.90. The molecule has 0 aliphatic carbocycles. The number of phenolic OH excluding ortho intramolecular Hbond substituents is 1. The Labute approximate surface area is 91.1 Å². The first-order valence-electron chi connectivity index (χ1n) is 4.14. The van der Waals surface area contributed by atoms with Crippen LogP contribution in [0.4, 0.5) is 0 Å². The van der Waals surface area contributed by atoms with Crippen LogP contribution in [0.3, 0.4) is 0 Å². The molecule has 0 saturated carbocycles. The minimum Gasteiger partial charge on any atom is -0.508 e. The zero-order valence-electron chi connectivity index (χ0n) is 7.60. The SMILES string of the molecule is Cc1cc(O)cc(-n2ccsc2=S)c1. The van der Waals surface area contributed by atoms with Crippen LogP contribution in [0.5, 0.6) is 5.75 Å². The topological polar surface area (TPSA) is 25.2 Å². The molecule has 0 aliphatic rings. The van der Waals surface area contributed by atoms with Crippen molar-refractivity contribution in [2.45, 2.75) is 6.92 Å². The van der Waals surface area contributed by atoms with E-state index in [9.17, 15) is 5.11 Å². The van der Waals surface area contributed by atoms with Crippen molar-refractivity contribution in [2.24, 2.45) is 0 Å². The van der Waals surface area contributed by atoms with Crippen LogP contribution in [-0.2, 0) is 0 Å². The minimum atomic E-state index is 0.271. The molecule has 1 heterocycles. The van der Waals surface area contributed by atoms with E-state index >= 15 is 0 Å². The van der Waals surface area contributed by atoms with Gasteiger partial charge in [-0.05, 0) is 36.8 Å². The van der Waals surface area contributed by atoms with E-state index in [-0.39, 0.29) is 5.75 Å². The second kappa shape index (κ2) is 3.55. The van der Waals surface area contributed by atoms with Crippen LogP contribution >= 0.6 is 23.6 Å². The number of benzene rings is 1. The number of aromatic hydroxyl groups is 1. The van der Waals surface area contributed by atoms with Crippen molar-refractivity contribution in [3.8, 4) is 11.4 Å². The molecule has 2 nitrogen and oxygen atoms in total. The summed E-state index contributed by atoms with van der Waals surface area (Å²) in [6.07, 6.45) is 1.90. The van der Waals surface area contributed by atoms with E-state index in [1.807, 2.05) is 29.1 Å². The van der Waals surface area contributed by atoms with Crippen molar-refractivity contribution in [1.29, 1.82) is 0 Å². The Hall–Kier alpha value is -1.13. The molecule has 2 rings (SSSR count). The van der Waals surface area contributed by atoms with Gasteiger partial charge in [-0.2, -0.15) is 0 Å². The molecule has 0 fully saturated rings. The monoisotopic (exact) mass is 223 g/mol. The summed E-state index contributed by atoms with van der Waals surface area (Å²) in [5, 5.41) is 11.4. The first-order valence-corrected chi connectivity index (χ1v) is 5.43. The van der Waals surface area contributed by atoms with Gasteiger partial charge in [-0.3, -0.25) is 4.57 Å². The molecule has 4 heteroatoms. The number of nitrogens with zero attached hydrogens (tertiary/aromatic N) is 1. The Balaban J connectivity index is 2.63. The molecule has 0 unspecified atom stereocenters. The van der Waals surface area contributed by atoms with E-state index in [1.165, 1.54) is 11.3 Å². The number of rotatable bonds is 1. The molecule has 1 aromatic carbocycles. The fourth-order valence-electron chi connectivity index (χ4n) is 1.34. The standard InChI is InChI=1S/C10H9NOS2/c1-7-4-8(6-9(12)5-7)11-2-3-14-10(11)13/h2-6,12H,1H3. The normalized spacial score (nSPS) is 10.4. The van der Waals surface area contributed by atoms with Gasteiger partial charge in [0.15, 0.2) is 3.95 Å². The maximum absolute atomic E-state index is 9.44. The van der Waals surface area contributed by atoms with E-state index in [0.717, 1.165) is 15.2 Å². The molecule has 1 aromatic heterocycles. The van der Waals surface area contributed by atoms with Gasteiger partial charge >= 0.3 is 0 Å². The molecule has 0 aliphatic heterocycles. The van der Waals surface area contributed by atoms with Crippen LogP contribution in [0, 0.1) is 10.9 Å². The number of aromatic nitrogens is 1. The van der Waals surface area contributed by atoms with Gasteiger partial charge in [0.2, 0.25) is 0 Å². The lowest BCUT2D eigenvalue weighted by Gasteiger charge is -2.04. The quantitative estimate of drug-likeness (QED) is 0.750. The van der Waals surface area contributed by atoms with Crippen molar-refractivity contribution in [3.05, 3.63) is 39.3 Å². The van der Waals surface area contributed by atoms with Crippen molar-refractivity contribution < 1.29 is 5.11 Å². The number of aryl methyl sites for hydroxylation is 1. The van der Waals surface area contributed by atoms with Crippen LogP contribution in [0.2, 0.25) is 0 Å². The van der Waals surface area contributed by atoms with Gasteiger partial charge in [0.05, 0.1) is 5.69 Å². The lowest BCUT2D eigenvalue weighted by Crippen LogP contribution is -1.91. The van der Waals surface area contributed by atoms with Crippen molar-refractivity contribution in [1.82, 2.24) is 4.57 Å². The molecule has 72 valence electrons.